The fraction of sp³-hybridized carbons (Fsp3) is 0.333. The van der Waals surface area contributed by atoms with E-state index in [9.17, 15) is 14.7 Å². The molecule has 2 aromatic rings. The molecule has 0 spiro atoms. The first-order chi connectivity index (χ1) is 13.5. The lowest BCUT2D eigenvalue weighted by Gasteiger charge is -2.29. The highest BCUT2D eigenvalue weighted by Gasteiger charge is 2.50. The Bertz CT molecular complexity index is 944. The summed E-state index contributed by atoms with van der Waals surface area (Å²) in [5.74, 6) is -0.684. The smallest absolute Gasteiger partial charge is 0.296 e. The van der Waals surface area contributed by atoms with E-state index in [1.54, 1.807) is 29.2 Å². The van der Waals surface area contributed by atoms with Crippen molar-refractivity contribution in [1.29, 1.82) is 0 Å². The number of aliphatic hydroxyl groups excluding tert-OH is 1. The highest BCUT2D eigenvalue weighted by Crippen LogP contribution is 2.43. The zero-order valence-corrected chi connectivity index (χ0v) is 16.1. The third-order valence-corrected chi connectivity index (χ3v) is 5.73. The summed E-state index contributed by atoms with van der Waals surface area (Å²) >= 11 is 6.17. The van der Waals surface area contributed by atoms with Gasteiger partial charge in [0.25, 0.3) is 11.7 Å². The number of hydrogen-bond donors (Lipinski definition) is 1. The number of nitrogens with zero attached hydrogens (tertiary/aromatic N) is 1. The Morgan fingerprint density at radius 3 is 2.61 bits per heavy atom. The van der Waals surface area contributed by atoms with E-state index in [4.69, 9.17) is 20.8 Å². The molecule has 2 fully saturated rings. The van der Waals surface area contributed by atoms with Crippen LogP contribution in [0.5, 0.6) is 5.75 Å². The molecule has 146 valence electrons. The summed E-state index contributed by atoms with van der Waals surface area (Å²) in [5, 5.41) is 11.3. The molecule has 28 heavy (non-hydrogen) atoms. The van der Waals surface area contributed by atoms with E-state index in [1.165, 1.54) is 19.4 Å². The zero-order valence-electron chi connectivity index (χ0n) is 15.4. The molecular formula is C21H20ClNO5. The number of furan rings is 1. The van der Waals surface area contributed by atoms with Gasteiger partial charge in [0, 0.05) is 11.6 Å². The summed E-state index contributed by atoms with van der Waals surface area (Å²) in [5.41, 5.74) is 0.361. The van der Waals surface area contributed by atoms with E-state index in [0.29, 0.717) is 22.1 Å². The molecule has 1 aromatic heterocycles. The molecular weight excluding hydrogens is 382 g/mol. The molecule has 1 saturated heterocycles. The lowest BCUT2D eigenvalue weighted by molar-refractivity contribution is -0.141. The van der Waals surface area contributed by atoms with Crippen LogP contribution in [0.1, 0.15) is 43.0 Å². The zero-order chi connectivity index (χ0) is 19.8. The number of Topliss-reactive ketones (excluding diaryl/α,β-unsaturated/α-hetero) is 1. The second-order valence-corrected chi connectivity index (χ2v) is 7.42. The third kappa shape index (κ3) is 2.98. The molecule has 7 heteroatoms. The Morgan fingerprint density at radius 2 is 2.00 bits per heavy atom. The molecule has 1 aliphatic heterocycles. The first-order valence-corrected chi connectivity index (χ1v) is 9.58. The first-order valence-electron chi connectivity index (χ1n) is 9.20. The predicted molar refractivity (Wildman–Crippen MR) is 103 cm³/mol. The maximum absolute atomic E-state index is 12.9. The van der Waals surface area contributed by atoms with Gasteiger partial charge in [-0.15, -0.1) is 0 Å². The largest absolute Gasteiger partial charge is 0.507 e. The fourth-order valence-electron chi connectivity index (χ4n) is 4.10. The predicted octanol–water partition coefficient (Wildman–Crippen LogP) is 4.31. The molecule has 1 saturated carbocycles. The lowest BCUT2D eigenvalue weighted by atomic mass is 9.98. The monoisotopic (exact) mass is 401 g/mol. The number of ketones is 1. The summed E-state index contributed by atoms with van der Waals surface area (Å²) < 4.78 is 10.7. The minimum atomic E-state index is -0.751. The number of benzene rings is 1. The van der Waals surface area contributed by atoms with Gasteiger partial charge in [0.15, 0.2) is 0 Å². The van der Waals surface area contributed by atoms with Gasteiger partial charge in [-0.2, -0.15) is 0 Å². The minimum absolute atomic E-state index is 0.0214. The van der Waals surface area contributed by atoms with Crippen LogP contribution in [0.25, 0.3) is 5.76 Å². The van der Waals surface area contributed by atoms with Crippen molar-refractivity contribution < 1.29 is 23.8 Å². The SMILES string of the molecule is COc1ccc(/C(O)=C2/C(=O)C(=O)N(C3CCCC3)C2c2ccco2)cc1Cl. The Hall–Kier alpha value is -2.73. The molecule has 4 rings (SSSR count). The van der Waals surface area contributed by atoms with Crippen LogP contribution in [-0.4, -0.2) is 34.8 Å². The highest BCUT2D eigenvalue weighted by molar-refractivity contribution is 6.46. The van der Waals surface area contributed by atoms with Crippen LogP contribution in [0.4, 0.5) is 0 Å². The summed E-state index contributed by atoms with van der Waals surface area (Å²) in [4.78, 5) is 27.3. The summed E-state index contributed by atoms with van der Waals surface area (Å²) in [7, 11) is 1.49. The second kappa shape index (κ2) is 7.36. The van der Waals surface area contributed by atoms with Gasteiger partial charge in [-0.05, 0) is 43.2 Å². The molecule has 0 bridgehead atoms. The van der Waals surface area contributed by atoms with Gasteiger partial charge in [-0.3, -0.25) is 9.59 Å². The minimum Gasteiger partial charge on any atom is -0.507 e. The van der Waals surface area contributed by atoms with Crippen molar-refractivity contribution in [3.05, 3.63) is 58.5 Å². The Kier molecular flexibility index (Phi) is 4.89. The summed E-state index contributed by atoms with van der Waals surface area (Å²) in [6.45, 7) is 0. The molecule has 6 nitrogen and oxygen atoms in total. The molecule has 1 N–H and O–H groups in total. The van der Waals surface area contributed by atoms with Gasteiger partial charge in [-0.1, -0.05) is 24.4 Å². The number of halogens is 1. The van der Waals surface area contributed by atoms with E-state index >= 15 is 0 Å². The first kappa shape index (κ1) is 18.6. The van der Waals surface area contributed by atoms with E-state index in [-0.39, 0.29) is 17.4 Å². The van der Waals surface area contributed by atoms with Crippen LogP contribution >= 0.6 is 11.6 Å². The topological polar surface area (TPSA) is 80.0 Å². The van der Waals surface area contributed by atoms with E-state index in [0.717, 1.165) is 25.7 Å². The molecule has 1 atom stereocenters. The quantitative estimate of drug-likeness (QED) is 0.469. The maximum atomic E-state index is 12.9. The van der Waals surface area contributed by atoms with E-state index < -0.39 is 17.7 Å². The van der Waals surface area contributed by atoms with E-state index in [2.05, 4.69) is 0 Å². The number of carbonyl (C=O) groups is 2. The van der Waals surface area contributed by atoms with Crippen molar-refractivity contribution in [3.63, 3.8) is 0 Å². The Morgan fingerprint density at radius 1 is 1.25 bits per heavy atom. The summed E-state index contributed by atoms with van der Waals surface area (Å²) in [6, 6.07) is 7.34. The fourth-order valence-corrected chi connectivity index (χ4v) is 4.36. The summed E-state index contributed by atoms with van der Waals surface area (Å²) in [6.07, 6.45) is 5.17. The Balaban J connectivity index is 1.85. The molecule has 1 unspecified atom stereocenters. The van der Waals surface area contributed by atoms with Crippen molar-refractivity contribution in [2.45, 2.75) is 37.8 Å². The molecule has 0 radical (unpaired) electrons. The van der Waals surface area contributed by atoms with Gasteiger partial charge in [0.05, 0.1) is 24.0 Å². The van der Waals surface area contributed by atoms with Crippen molar-refractivity contribution in [3.8, 4) is 5.75 Å². The average Bonchev–Trinajstić information content (AvgIpc) is 3.43. The Labute approximate surface area is 167 Å². The number of aliphatic hydroxyl groups is 1. The number of amides is 1. The molecule has 1 aromatic carbocycles. The van der Waals surface area contributed by atoms with Crippen LogP contribution in [0.15, 0.2) is 46.6 Å². The van der Waals surface area contributed by atoms with Gasteiger partial charge < -0.3 is 19.2 Å². The highest BCUT2D eigenvalue weighted by atomic mass is 35.5. The van der Waals surface area contributed by atoms with Crippen LogP contribution in [0.2, 0.25) is 5.02 Å². The second-order valence-electron chi connectivity index (χ2n) is 7.01. The van der Waals surface area contributed by atoms with Gasteiger partial charge in [-0.25, -0.2) is 0 Å². The van der Waals surface area contributed by atoms with Gasteiger partial charge in [0.1, 0.15) is 23.3 Å². The van der Waals surface area contributed by atoms with Crippen LogP contribution in [0.3, 0.4) is 0 Å². The van der Waals surface area contributed by atoms with Crippen molar-refractivity contribution in [2.75, 3.05) is 7.11 Å². The van der Waals surface area contributed by atoms with E-state index in [1.807, 2.05) is 0 Å². The maximum Gasteiger partial charge on any atom is 0.296 e. The van der Waals surface area contributed by atoms with Crippen LogP contribution in [-0.2, 0) is 9.59 Å². The van der Waals surface area contributed by atoms with Gasteiger partial charge in [0.2, 0.25) is 0 Å². The number of rotatable bonds is 4. The molecule has 1 aliphatic carbocycles. The number of likely N-dealkylation sites (tertiary alicyclic amines) is 1. The lowest BCUT2D eigenvalue weighted by Crippen LogP contribution is -2.37. The third-order valence-electron chi connectivity index (χ3n) is 5.44. The van der Waals surface area contributed by atoms with Crippen LogP contribution in [0, 0.1) is 0 Å². The molecule has 2 aliphatic rings. The number of hydrogen-bond acceptors (Lipinski definition) is 5. The molecule has 1 amide bonds. The van der Waals surface area contributed by atoms with Crippen LogP contribution < -0.4 is 4.74 Å². The van der Waals surface area contributed by atoms with Gasteiger partial charge >= 0.3 is 0 Å². The van der Waals surface area contributed by atoms with Crippen molar-refractivity contribution >= 4 is 29.1 Å². The normalized spacial score (nSPS) is 22.2. The standard InChI is InChI=1S/C21H20ClNO5/c1-27-15-9-8-12(11-14(15)22)19(24)17-18(16-7-4-10-28-16)23(21(26)20(17)25)13-5-2-3-6-13/h4,7-11,13,18,24H,2-3,5-6H2,1H3/b19-17-. The van der Waals surface area contributed by atoms with Crippen molar-refractivity contribution in [2.24, 2.45) is 0 Å². The molecule has 2 heterocycles. The number of methoxy groups -OCH3 is 1. The number of ether oxygens (including phenoxy) is 1. The number of carbonyl (C=O) groups excluding carboxylic acids is 2. The average molecular weight is 402 g/mol. The van der Waals surface area contributed by atoms with Crippen molar-refractivity contribution in [1.82, 2.24) is 4.90 Å².